The van der Waals surface area contributed by atoms with Crippen molar-refractivity contribution in [3.05, 3.63) is 0 Å². The lowest BCUT2D eigenvalue weighted by molar-refractivity contribution is -0.138. The molecule has 2 fully saturated rings. The highest BCUT2D eigenvalue weighted by Gasteiger charge is 2.50. The summed E-state index contributed by atoms with van der Waals surface area (Å²) in [5, 5.41) is 0. The van der Waals surface area contributed by atoms with Gasteiger partial charge in [0.1, 0.15) is 6.61 Å². The number of carbonyl (C=O) groups is 1. The number of ether oxygens (including phenoxy) is 1. The molecule has 0 spiro atoms. The molecule has 0 aromatic heterocycles. The Morgan fingerprint density at radius 3 is 2.61 bits per heavy atom. The van der Waals surface area contributed by atoms with Gasteiger partial charge in [-0.25, -0.2) is 0 Å². The van der Waals surface area contributed by atoms with Gasteiger partial charge in [-0.2, -0.15) is 0 Å². The van der Waals surface area contributed by atoms with Crippen LogP contribution in [0.5, 0.6) is 0 Å². The molecule has 1 amide bonds. The third-order valence-corrected chi connectivity index (χ3v) is 4.28. The first-order chi connectivity index (χ1) is 8.21. The molecule has 2 bridgehead atoms. The van der Waals surface area contributed by atoms with E-state index < -0.39 is 0 Å². The normalized spacial score (nSPS) is 34.1. The number of nitrogens with zero attached hydrogens (tertiary/aromatic N) is 1. The zero-order valence-electron chi connectivity index (χ0n) is 12.5. The standard InChI is InChI=1S/C15H27NO2/c1-11(2)18-8-13(17)16-10-15(5)7-12(16)6-14(3,4)9-15/h11-12H,6-10H2,1-5H3. The van der Waals surface area contributed by atoms with Crippen LogP contribution in [0.1, 0.15) is 53.9 Å². The molecule has 104 valence electrons. The van der Waals surface area contributed by atoms with E-state index in [4.69, 9.17) is 4.74 Å². The van der Waals surface area contributed by atoms with E-state index in [1.165, 1.54) is 12.8 Å². The van der Waals surface area contributed by atoms with Crippen molar-refractivity contribution in [2.45, 2.75) is 66.0 Å². The van der Waals surface area contributed by atoms with Crippen LogP contribution in [-0.4, -0.2) is 36.1 Å². The van der Waals surface area contributed by atoms with Crippen molar-refractivity contribution in [3.8, 4) is 0 Å². The first kappa shape index (κ1) is 13.9. The Balaban J connectivity index is 2.02. The fraction of sp³-hybridized carbons (Fsp3) is 0.933. The van der Waals surface area contributed by atoms with Crippen LogP contribution in [0.4, 0.5) is 0 Å². The topological polar surface area (TPSA) is 29.5 Å². The molecule has 0 radical (unpaired) electrons. The van der Waals surface area contributed by atoms with Gasteiger partial charge in [0.25, 0.3) is 0 Å². The molecule has 1 heterocycles. The molecule has 3 nitrogen and oxygen atoms in total. The van der Waals surface area contributed by atoms with E-state index in [2.05, 4.69) is 25.7 Å². The van der Waals surface area contributed by atoms with Crippen LogP contribution in [0.15, 0.2) is 0 Å². The van der Waals surface area contributed by atoms with Gasteiger partial charge in [0.05, 0.1) is 6.10 Å². The first-order valence-corrected chi connectivity index (χ1v) is 7.12. The predicted octanol–water partition coefficient (Wildman–Crippen LogP) is 2.84. The SMILES string of the molecule is CC(C)OCC(=O)N1CC2(C)CC1CC(C)(C)C2. The van der Waals surface area contributed by atoms with E-state index in [1.54, 1.807) is 0 Å². The van der Waals surface area contributed by atoms with Crippen LogP contribution < -0.4 is 0 Å². The minimum atomic E-state index is 0.128. The zero-order chi connectivity index (χ0) is 13.6. The Kier molecular flexibility index (Phi) is 3.48. The van der Waals surface area contributed by atoms with Crippen molar-refractivity contribution in [1.82, 2.24) is 4.90 Å². The second-order valence-electron chi connectivity index (χ2n) is 7.60. The van der Waals surface area contributed by atoms with Crippen LogP contribution in [-0.2, 0) is 9.53 Å². The van der Waals surface area contributed by atoms with Gasteiger partial charge in [0, 0.05) is 12.6 Å². The third-order valence-electron chi connectivity index (χ3n) is 4.28. The Morgan fingerprint density at radius 1 is 1.33 bits per heavy atom. The lowest BCUT2D eigenvalue weighted by Crippen LogP contribution is -2.39. The van der Waals surface area contributed by atoms with Gasteiger partial charge in [-0.3, -0.25) is 4.79 Å². The zero-order valence-corrected chi connectivity index (χ0v) is 12.5. The van der Waals surface area contributed by atoms with E-state index in [9.17, 15) is 4.79 Å². The molecular weight excluding hydrogens is 226 g/mol. The smallest absolute Gasteiger partial charge is 0.248 e. The second-order valence-corrected chi connectivity index (χ2v) is 7.60. The summed E-state index contributed by atoms with van der Waals surface area (Å²) in [6.45, 7) is 12.1. The van der Waals surface area contributed by atoms with Crippen LogP contribution in [0.3, 0.4) is 0 Å². The van der Waals surface area contributed by atoms with Gasteiger partial charge < -0.3 is 9.64 Å². The summed E-state index contributed by atoms with van der Waals surface area (Å²) in [5.41, 5.74) is 0.686. The molecule has 0 aromatic rings. The molecule has 18 heavy (non-hydrogen) atoms. The highest BCUT2D eigenvalue weighted by molar-refractivity contribution is 5.78. The number of fused-ring (bicyclic) bond motifs is 2. The number of amides is 1. The maximum absolute atomic E-state index is 12.2. The van der Waals surface area contributed by atoms with Gasteiger partial charge >= 0.3 is 0 Å². The molecule has 1 aliphatic carbocycles. The maximum Gasteiger partial charge on any atom is 0.248 e. The minimum Gasteiger partial charge on any atom is -0.369 e. The number of carbonyl (C=O) groups excluding carboxylic acids is 1. The highest BCUT2D eigenvalue weighted by atomic mass is 16.5. The molecular formula is C15H27NO2. The highest BCUT2D eigenvalue weighted by Crippen LogP contribution is 2.52. The summed E-state index contributed by atoms with van der Waals surface area (Å²) in [6, 6.07) is 0.432. The second kappa shape index (κ2) is 4.52. The van der Waals surface area contributed by atoms with Crippen LogP contribution in [0.25, 0.3) is 0 Å². The Labute approximate surface area is 111 Å². The van der Waals surface area contributed by atoms with Gasteiger partial charge in [-0.1, -0.05) is 20.8 Å². The Bertz CT molecular complexity index is 337. The van der Waals surface area contributed by atoms with Crippen molar-refractivity contribution in [2.75, 3.05) is 13.2 Å². The lowest BCUT2D eigenvalue weighted by Gasteiger charge is -2.39. The molecule has 2 aliphatic rings. The van der Waals surface area contributed by atoms with Crippen LogP contribution in [0.2, 0.25) is 0 Å². The summed E-state index contributed by atoms with van der Waals surface area (Å²) in [7, 11) is 0. The largest absolute Gasteiger partial charge is 0.369 e. The quantitative estimate of drug-likeness (QED) is 0.774. The molecule has 2 unspecified atom stereocenters. The molecule has 1 saturated carbocycles. The molecule has 1 aliphatic heterocycles. The van der Waals surface area contributed by atoms with E-state index in [-0.39, 0.29) is 18.6 Å². The molecule has 2 atom stereocenters. The summed E-state index contributed by atoms with van der Waals surface area (Å²) >= 11 is 0. The Hall–Kier alpha value is -0.570. The third kappa shape index (κ3) is 2.87. The summed E-state index contributed by atoms with van der Waals surface area (Å²) in [4.78, 5) is 14.3. The van der Waals surface area contributed by atoms with Crippen LogP contribution in [0, 0.1) is 10.8 Å². The van der Waals surface area contributed by atoms with E-state index >= 15 is 0 Å². The first-order valence-electron chi connectivity index (χ1n) is 7.12. The summed E-state index contributed by atoms with van der Waals surface area (Å²) in [6.07, 6.45) is 3.66. The average molecular weight is 253 g/mol. The average Bonchev–Trinajstić information content (AvgIpc) is 2.44. The van der Waals surface area contributed by atoms with Gasteiger partial charge in [-0.15, -0.1) is 0 Å². The van der Waals surface area contributed by atoms with E-state index in [0.29, 0.717) is 16.9 Å². The van der Waals surface area contributed by atoms with Crippen molar-refractivity contribution >= 4 is 5.91 Å². The monoisotopic (exact) mass is 253 g/mol. The molecule has 3 heteroatoms. The van der Waals surface area contributed by atoms with E-state index in [0.717, 1.165) is 13.0 Å². The maximum atomic E-state index is 12.2. The lowest BCUT2D eigenvalue weighted by atomic mass is 9.65. The van der Waals surface area contributed by atoms with Gasteiger partial charge in [0.2, 0.25) is 5.91 Å². The van der Waals surface area contributed by atoms with Crippen LogP contribution >= 0.6 is 0 Å². The van der Waals surface area contributed by atoms with Crippen molar-refractivity contribution in [3.63, 3.8) is 0 Å². The summed E-state index contributed by atoms with van der Waals surface area (Å²) in [5.74, 6) is 0.176. The van der Waals surface area contributed by atoms with Crippen molar-refractivity contribution in [1.29, 1.82) is 0 Å². The fourth-order valence-electron chi connectivity index (χ4n) is 4.07. The van der Waals surface area contributed by atoms with E-state index in [1.807, 2.05) is 13.8 Å². The number of likely N-dealkylation sites (tertiary alicyclic amines) is 1. The molecule has 2 rings (SSSR count). The predicted molar refractivity (Wildman–Crippen MR) is 72.3 cm³/mol. The van der Waals surface area contributed by atoms with Gasteiger partial charge in [0.15, 0.2) is 0 Å². The fourth-order valence-corrected chi connectivity index (χ4v) is 4.07. The Morgan fingerprint density at radius 2 is 2.00 bits per heavy atom. The molecule has 0 N–H and O–H groups in total. The minimum absolute atomic E-state index is 0.128. The van der Waals surface area contributed by atoms with Crippen molar-refractivity contribution < 1.29 is 9.53 Å². The van der Waals surface area contributed by atoms with Crippen molar-refractivity contribution in [2.24, 2.45) is 10.8 Å². The molecule has 1 saturated heterocycles. The number of hydrogen-bond acceptors (Lipinski definition) is 2. The summed E-state index contributed by atoms with van der Waals surface area (Å²) < 4.78 is 5.46. The molecule has 0 aromatic carbocycles. The number of hydrogen-bond donors (Lipinski definition) is 0. The number of rotatable bonds is 3. The van der Waals surface area contributed by atoms with Gasteiger partial charge in [-0.05, 0) is 43.9 Å².